The summed E-state index contributed by atoms with van der Waals surface area (Å²) in [5.74, 6) is 0.910. The zero-order valence-corrected chi connectivity index (χ0v) is 26.4. The fourth-order valence-electron chi connectivity index (χ4n) is 5.28. The number of anilines is 4. The molecule has 1 aliphatic rings. The molecule has 5 aromatic rings. The smallest absolute Gasteiger partial charge is 0.263 e. The number of amides is 1. The number of ether oxygens (including phenoxy) is 2. The van der Waals surface area contributed by atoms with Crippen molar-refractivity contribution in [2.75, 3.05) is 42.7 Å². The van der Waals surface area contributed by atoms with Crippen molar-refractivity contribution < 1.29 is 22.7 Å². The molecule has 1 saturated heterocycles. The summed E-state index contributed by atoms with van der Waals surface area (Å²) in [5, 5.41) is 6.04. The lowest BCUT2D eigenvalue weighted by molar-refractivity contribution is -0.125. The highest BCUT2D eigenvalue weighted by molar-refractivity contribution is 7.92. The summed E-state index contributed by atoms with van der Waals surface area (Å²) in [4.78, 5) is 24.5. The number of hydrogen-bond acceptors (Lipinski definition) is 9. The van der Waals surface area contributed by atoms with Gasteiger partial charge in [0.2, 0.25) is 5.91 Å². The third-order valence-corrected chi connectivity index (χ3v) is 9.27. The van der Waals surface area contributed by atoms with E-state index in [-0.39, 0.29) is 34.4 Å². The van der Waals surface area contributed by atoms with Gasteiger partial charge in [0.15, 0.2) is 11.6 Å². The van der Waals surface area contributed by atoms with E-state index in [1.807, 2.05) is 24.3 Å². The standard InChI is InChI=1S/C34H34N6O5S/c1-22(23-10-5-4-6-11-23)40-20-24(21-40)34(41)36-25-12-9-13-29(18-25)46(42,43)39-33-32(37-30-14-7-8-15-31(30)38-33)35-26-16-27(44-2)19-28(17-26)45-3/h4-19,22,24H,20-21H2,1-3H3,(H,35,37)(H,36,41)(H,38,39). The fourth-order valence-corrected chi connectivity index (χ4v) is 6.34. The molecule has 1 unspecified atom stereocenters. The predicted octanol–water partition coefficient (Wildman–Crippen LogP) is 5.82. The van der Waals surface area contributed by atoms with Gasteiger partial charge in [-0.2, -0.15) is 0 Å². The van der Waals surface area contributed by atoms with E-state index >= 15 is 0 Å². The number of para-hydroxylation sites is 2. The summed E-state index contributed by atoms with van der Waals surface area (Å²) in [5.41, 5.74) is 3.21. The molecule has 6 rings (SSSR count). The number of methoxy groups -OCH3 is 2. The number of sulfonamides is 1. The average molecular weight is 639 g/mol. The van der Waals surface area contributed by atoms with E-state index in [1.54, 1.807) is 48.5 Å². The van der Waals surface area contributed by atoms with Crippen LogP contribution in [0.5, 0.6) is 11.5 Å². The van der Waals surface area contributed by atoms with Gasteiger partial charge in [-0.3, -0.25) is 14.4 Å². The summed E-state index contributed by atoms with van der Waals surface area (Å²) in [6.07, 6.45) is 0. The monoisotopic (exact) mass is 638 g/mol. The van der Waals surface area contributed by atoms with Crippen LogP contribution in [0, 0.1) is 5.92 Å². The Bertz CT molecular complexity index is 1960. The number of aromatic nitrogens is 2. The second-order valence-electron chi connectivity index (χ2n) is 11.0. The Morgan fingerprint density at radius 1 is 0.804 bits per heavy atom. The van der Waals surface area contributed by atoms with Crippen molar-refractivity contribution in [1.82, 2.24) is 14.9 Å². The molecule has 12 heteroatoms. The van der Waals surface area contributed by atoms with Crippen LogP contribution in [-0.4, -0.2) is 56.5 Å². The maximum atomic E-state index is 13.7. The molecular formula is C34H34N6O5S. The first-order valence-electron chi connectivity index (χ1n) is 14.7. The first-order chi connectivity index (χ1) is 22.2. The third kappa shape index (κ3) is 6.72. The quantitative estimate of drug-likeness (QED) is 0.164. The lowest BCUT2D eigenvalue weighted by Gasteiger charge is -2.42. The molecule has 46 heavy (non-hydrogen) atoms. The normalized spacial score (nSPS) is 14.2. The molecule has 1 fully saturated rings. The van der Waals surface area contributed by atoms with E-state index in [9.17, 15) is 13.2 Å². The highest BCUT2D eigenvalue weighted by Crippen LogP contribution is 2.32. The minimum atomic E-state index is -4.14. The van der Waals surface area contributed by atoms with Crippen molar-refractivity contribution >= 4 is 50.0 Å². The fraction of sp³-hybridized carbons (Fsp3) is 0.206. The van der Waals surface area contributed by atoms with Crippen LogP contribution in [0.25, 0.3) is 11.0 Å². The molecule has 1 amide bonds. The number of nitrogens with zero attached hydrogens (tertiary/aromatic N) is 3. The average Bonchev–Trinajstić information content (AvgIpc) is 3.04. The lowest BCUT2D eigenvalue weighted by Crippen LogP contribution is -2.52. The van der Waals surface area contributed by atoms with E-state index in [4.69, 9.17) is 9.47 Å². The number of likely N-dealkylation sites (tertiary alicyclic amines) is 1. The van der Waals surface area contributed by atoms with E-state index in [0.29, 0.717) is 47.0 Å². The number of rotatable bonds is 11. The van der Waals surface area contributed by atoms with Crippen molar-refractivity contribution in [2.45, 2.75) is 17.9 Å². The SMILES string of the molecule is COc1cc(Nc2nc3ccccc3nc2NS(=O)(=O)c2cccc(NC(=O)C3CN(C(C)c4ccccc4)C3)c2)cc(OC)c1. The van der Waals surface area contributed by atoms with E-state index in [0.717, 1.165) is 0 Å². The zero-order valence-electron chi connectivity index (χ0n) is 25.6. The topological polar surface area (TPSA) is 135 Å². The zero-order chi connectivity index (χ0) is 32.3. The molecule has 4 aromatic carbocycles. The Hall–Kier alpha value is -5.20. The van der Waals surface area contributed by atoms with Crippen LogP contribution in [0.3, 0.4) is 0 Å². The first kappa shape index (κ1) is 30.8. The Balaban J connectivity index is 1.20. The minimum absolute atomic E-state index is 0.00276. The summed E-state index contributed by atoms with van der Waals surface area (Å²) in [7, 11) is -1.07. The molecule has 0 bridgehead atoms. The molecule has 1 atom stereocenters. The Morgan fingerprint density at radius 2 is 1.43 bits per heavy atom. The Kier molecular flexibility index (Phi) is 8.73. The molecule has 0 aliphatic carbocycles. The summed E-state index contributed by atoms with van der Waals surface area (Å²) >= 11 is 0. The van der Waals surface area contributed by atoms with Crippen molar-refractivity contribution in [3.63, 3.8) is 0 Å². The van der Waals surface area contributed by atoms with Crippen LogP contribution < -0.4 is 24.8 Å². The Morgan fingerprint density at radius 3 is 2.09 bits per heavy atom. The highest BCUT2D eigenvalue weighted by Gasteiger charge is 2.35. The van der Waals surface area contributed by atoms with Crippen molar-refractivity contribution in [1.29, 1.82) is 0 Å². The molecule has 0 saturated carbocycles. The second-order valence-corrected chi connectivity index (χ2v) is 12.7. The van der Waals surface area contributed by atoms with Gasteiger partial charge in [-0.15, -0.1) is 0 Å². The maximum Gasteiger partial charge on any atom is 0.263 e. The van der Waals surface area contributed by atoms with Crippen molar-refractivity contribution in [3.05, 3.63) is 103 Å². The van der Waals surface area contributed by atoms with Gasteiger partial charge in [0.25, 0.3) is 10.0 Å². The molecule has 236 valence electrons. The summed E-state index contributed by atoms with van der Waals surface area (Å²) < 4.78 is 40.7. The number of carbonyl (C=O) groups is 1. The molecule has 11 nitrogen and oxygen atoms in total. The maximum absolute atomic E-state index is 13.7. The lowest BCUT2D eigenvalue weighted by atomic mass is 9.94. The molecular weight excluding hydrogens is 604 g/mol. The van der Waals surface area contributed by atoms with Crippen LogP contribution in [0.4, 0.5) is 23.0 Å². The van der Waals surface area contributed by atoms with Gasteiger partial charge in [-0.1, -0.05) is 48.5 Å². The van der Waals surface area contributed by atoms with Gasteiger partial charge in [0.05, 0.1) is 36.1 Å². The molecule has 0 radical (unpaired) electrons. The number of benzene rings is 4. The largest absolute Gasteiger partial charge is 0.497 e. The first-order valence-corrected chi connectivity index (χ1v) is 16.2. The van der Waals surface area contributed by atoms with Gasteiger partial charge < -0.3 is 20.1 Å². The van der Waals surface area contributed by atoms with Crippen LogP contribution in [0.2, 0.25) is 0 Å². The van der Waals surface area contributed by atoms with Gasteiger partial charge in [-0.05, 0) is 42.8 Å². The van der Waals surface area contributed by atoms with E-state index in [2.05, 4.69) is 49.3 Å². The van der Waals surface area contributed by atoms with Gasteiger partial charge >= 0.3 is 0 Å². The van der Waals surface area contributed by atoms with Crippen LogP contribution in [-0.2, 0) is 14.8 Å². The third-order valence-electron chi connectivity index (χ3n) is 7.94. The molecule has 3 N–H and O–H groups in total. The van der Waals surface area contributed by atoms with Gasteiger partial charge in [-0.25, -0.2) is 18.4 Å². The second kappa shape index (κ2) is 13.0. The van der Waals surface area contributed by atoms with Crippen LogP contribution in [0.15, 0.2) is 102 Å². The van der Waals surface area contributed by atoms with E-state index in [1.165, 1.54) is 31.9 Å². The highest BCUT2D eigenvalue weighted by atomic mass is 32.2. The minimum Gasteiger partial charge on any atom is -0.497 e. The van der Waals surface area contributed by atoms with Gasteiger partial charge in [0.1, 0.15) is 11.5 Å². The summed E-state index contributed by atoms with van der Waals surface area (Å²) in [6.45, 7) is 3.37. The Labute approximate surface area is 267 Å². The predicted molar refractivity (Wildman–Crippen MR) is 178 cm³/mol. The number of hydrogen-bond donors (Lipinski definition) is 3. The number of fused-ring (bicyclic) bond motifs is 1. The van der Waals surface area contributed by atoms with E-state index < -0.39 is 10.0 Å². The van der Waals surface area contributed by atoms with Gasteiger partial charge in [0, 0.05) is 48.7 Å². The molecule has 2 heterocycles. The summed E-state index contributed by atoms with van der Waals surface area (Å²) in [6, 6.07) is 28.8. The number of nitrogens with one attached hydrogen (secondary N) is 3. The van der Waals surface area contributed by atoms with Crippen LogP contribution in [0.1, 0.15) is 18.5 Å². The molecule has 1 aliphatic heterocycles. The molecule has 1 aromatic heterocycles. The number of carbonyl (C=O) groups excluding carboxylic acids is 1. The van der Waals surface area contributed by atoms with Crippen molar-refractivity contribution in [2.24, 2.45) is 5.92 Å². The van der Waals surface area contributed by atoms with Crippen LogP contribution >= 0.6 is 0 Å². The molecule has 0 spiro atoms. The van der Waals surface area contributed by atoms with Crippen molar-refractivity contribution in [3.8, 4) is 11.5 Å².